The van der Waals surface area contributed by atoms with Crippen LogP contribution in [0.3, 0.4) is 0 Å². The summed E-state index contributed by atoms with van der Waals surface area (Å²) in [6, 6.07) is 15.8. The molecular weight excluding hydrogens is 594 g/mol. The predicted molar refractivity (Wildman–Crippen MR) is 184 cm³/mol. The molecule has 47 heavy (non-hydrogen) atoms. The number of carbonyl (C=O) groups is 1. The quantitative estimate of drug-likeness (QED) is 0.0983. The van der Waals surface area contributed by atoms with Gasteiger partial charge in [-0.3, -0.25) is 4.79 Å². The van der Waals surface area contributed by atoms with Crippen molar-refractivity contribution in [1.82, 2.24) is 0 Å². The van der Waals surface area contributed by atoms with E-state index in [4.69, 9.17) is 28.4 Å². The number of unbranched alkanes of at least 4 members (excludes halogenated alkanes) is 4. The largest absolute Gasteiger partial charge is 0.455 e. The minimum atomic E-state index is -0.759. The molecule has 3 rings (SSSR count). The van der Waals surface area contributed by atoms with Gasteiger partial charge in [-0.25, -0.2) is 0 Å². The number of ether oxygens (including phenoxy) is 6. The van der Waals surface area contributed by atoms with Crippen LogP contribution < -0.4 is 0 Å². The van der Waals surface area contributed by atoms with Gasteiger partial charge in [-0.15, -0.1) is 0 Å². The molecule has 260 valence electrons. The Bertz CT molecular complexity index is 1240. The van der Waals surface area contributed by atoms with Gasteiger partial charge >= 0.3 is 5.97 Å². The lowest BCUT2D eigenvalue weighted by molar-refractivity contribution is -0.283. The average Bonchev–Trinajstić information content (AvgIpc) is 3.07. The number of esters is 1. The molecule has 0 aliphatic carbocycles. The molecule has 8 nitrogen and oxygen atoms in total. The van der Waals surface area contributed by atoms with Crippen molar-refractivity contribution in [3.63, 3.8) is 0 Å². The molecule has 1 fully saturated rings. The maximum absolute atomic E-state index is 12.7. The molecule has 0 radical (unpaired) electrons. The summed E-state index contributed by atoms with van der Waals surface area (Å²) >= 11 is 0. The number of hydrogen-bond donors (Lipinski definition) is 0. The molecule has 0 saturated carbocycles. The molecule has 0 bridgehead atoms. The first kappa shape index (κ1) is 38.6. The van der Waals surface area contributed by atoms with E-state index in [-0.39, 0.29) is 0 Å². The first-order valence-electron chi connectivity index (χ1n) is 17.7. The fourth-order valence-corrected chi connectivity index (χ4v) is 5.87. The summed E-state index contributed by atoms with van der Waals surface area (Å²) in [7, 11) is 0. The van der Waals surface area contributed by atoms with Gasteiger partial charge in [0, 0.05) is 33.4 Å². The minimum Gasteiger partial charge on any atom is -0.455 e. The number of benzene rings is 2. The van der Waals surface area contributed by atoms with Crippen LogP contribution in [0.4, 0.5) is 0 Å². The molecule has 1 saturated heterocycles. The summed E-state index contributed by atoms with van der Waals surface area (Å²) in [5.41, 5.74) is 4.28. The van der Waals surface area contributed by atoms with E-state index in [0.29, 0.717) is 38.6 Å². The van der Waals surface area contributed by atoms with Crippen molar-refractivity contribution >= 4 is 5.97 Å². The van der Waals surface area contributed by atoms with Crippen LogP contribution in [-0.2, 0) is 33.2 Å². The first-order valence-corrected chi connectivity index (χ1v) is 17.7. The van der Waals surface area contributed by atoms with Gasteiger partial charge in [-0.05, 0) is 67.0 Å². The first-order chi connectivity index (χ1) is 22.9. The summed E-state index contributed by atoms with van der Waals surface area (Å²) in [6.07, 6.45) is 4.41. The third-order valence-electron chi connectivity index (χ3n) is 8.51. The Morgan fingerprint density at radius 2 is 1.40 bits per heavy atom. The Morgan fingerprint density at radius 3 is 2.00 bits per heavy atom. The topological polar surface area (TPSA) is 96.2 Å². The van der Waals surface area contributed by atoms with Crippen LogP contribution in [0.15, 0.2) is 42.5 Å². The second-order valence-corrected chi connectivity index (χ2v) is 12.4. The van der Waals surface area contributed by atoms with E-state index in [1.807, 2.05) is 37.3 Å². The number of hydrogen-bond acceptors (Lipinski definition) is 8. The van der Waals surface area contributed by atoms with Gasteiger partial charge in [0.2, 0.25) is 0 Å². The van der Waals surface area contributed by atoms with Crippen molar-refractivity contribution in [2.45, 2.75) is 130 Å². The molecular formula is C39H57NO7. The van der Waals surface area contributed by atoms with Crippen LogP contribution in [0.25, 0.3) is 11.1 Å². The van der Waals surface area contributed by atoms with Crippen molar-refractivity contribution in [3.05, 3.63) is 59.2 Å². The number of carbonyl (C=O) groups excluding carboxylic acids is 1. The molecule has 0 amide bonds. The Balaban J connectivity index is 2.09. The van der Waals surface area contributed by atoms with E-state index in [9.17, 15) is 10.1 Å². The van der Waals surface area contributed by atoms with Crippen molar-refractivity contribution in [3.8, 4) is 17.2 Å². The van der Waals surface area contributed by atoms with Crippen molar-refractivity contribution in [2.75, 3.05) is 33.0 Å². The third-order valence-corrected chi connectivity index (χ3v) is 8.51. The normalized spacial score (nSPS) is 21.7. The van der Waals surface area contributed by atoms with Crippen molar-refractivity contribution in [1.29, 1.82) is 5.26 Å². The summed E-state index contributed by atoms with van der Waals surface area (Å²) in [5.74, 6) is -0.406. The summed E-state index contributed by atoms with van der Waals surface area (Å²) < 4.78 is 39.1. The number of rotatable bonds is 21. The Hall–Kier alpha value is -2.80. The minimum absolute atomic E-state index is 0.336. The fourth-order valence-electron chi connectivity index (χ4n) is 5.87. The maximum Gasteiger partial charge on any atom is 0.303 e. The summed E-state index contributed by atoms with van der Waals surface area (Å²) in [6.45, 7) is 14.6. The molecule has 2 unspecified atom stereocenters. The molecule has 1 heterocycles. The molecule has 0 N–H and O–H groups in total. The lowest BCUT2D eigenvalue weighted by atomic mass is 9.87. The highest BCUT2D eigenvalue weighted by Crippen LogP contribution is 2.39. The zero-order valence-electron chi connectivity index (χ0n) is 29.5. The third kappa shape index (κ3) is 11.7. The van der Waals surface area contributed by atoms with Gasteiger partial charge in [-0.1, -0.05) is 83.7 Å². The van der Waals surface area contributed by atoms with Crippen molar-refractivity contribution < 1.29 is 33.2 Å². The molecule has 0 aromatic heterocycles. The molecule has 6 atom stereocenters. The number of aryl methyl sites for hydroxylation is 1. The van der Waals surface area contributed by atoms with Gasteiger partial charge in [0.05, 0.1) is 18.2 Å². The Kier molecular flexibility index (Phi) is 17.5. The zero-order chi connectivity index (χ0) is 34.0. The lowest BCUT2D eigenvalue weighted by Crippen LogP contribution is -2.63. The highest BCUT2D eigenvalue weighted by atomic mass is 16.6. The molecule has 0 spiro atoms. The number of nitrogens with zero attached hydrogens (tertiary/aromatic N) is 1. The van der Waals surface area contributed by atoms with Crippen LogP contribution in [-0.4, -0.2) is 69.5 Å². The van der Waals surface area contributed by atoms with E-state index < -0.39 is 42.6 Å². The second-order valence-electron chi connectivity index (χ2n) is 12.4. The number of nitriles is 1. The van der Waals surface area contributed by atoms with E-state index in [1.54, 1.807) is 6.07 Å². The Labute approximate surface area is 283 Å². The molecule has 1 aliphatic rings. The van der Waals surface area contributed by atoms with E-state index in [1.165, 1.54) is 6.92 Å². The predicted octanol–water partition coefficient (Wildman–Crippen LogP) is 8.28. The second kappa shape index (κ2) is 21.2. The van der Waals surface area contributed by atoms with Gasteiger partial charge in [0.15, 0.2) is 6.10 Å². The molecule has 2 aromatic carbocycles. The molecule has 2 aromatic rings. The Morgan fingerprint density at radius 1 is 0.809 bits per heavy atom. The van der Waals surface area contributed by atoms with E-state index in [0.717, 1.165) is 73.6 Å². The van der Waals surface area contributed by atoms with Crippen LogP contribution in [0.2, 0.25) is 0 Å². The standard InChI is InChI=1S/C39H57NO7/c1-7-11-20-42-27-34-36(43-21-12-8-2)37(44-22-13-9-3)38(45-23-14-10-4)39(47-34)35(46-29(6)41)33-19-18-32(24-28(33)5)31-17-15-16-30(25-31)26-40/h15-19,24-25,34-39H,7-14,20-23,27H2,1-6H3/t34?,35-,36-,37+,38?,39-/m1/s1. The van der Waals surface area contributed by atoms with E-state index >= 15 is 0 Å². The van der Waals surface area contributed by atoms with Gasteiger partial charge in [0.25, 0.3) is 0 Å². The van der Waals surface area contributed by atoms with Crippen LogP contribution in [0.1, 0.15) is 109 Å². The van der Waals surface area contributed by atoms with Crippen LogP contribution in [0, 0.1) is 18.3 Å². The average molecular weight is 652 g/mol. The monoisotopic (exact) mass is 651 g/mol. The molecule has 1 aliphatic heterocycles. The van der Waals surface area contributed by atoms with Gasteiger partial charge < -0.3 is 28.4 Å². The SMILES string of the molecule is CCCCOCC1O[C@H]([C@H](OC(C)=O)c2ccc(-c3cccc(C#N)c3)cc2C)C(OCCCC)[C@@H](OCCCC)[C@@H]1OCCCC. The maximum atomic E-state index is 12.7. The van der Waals surface area contributed by atoms with Crippen molar-refractivity contribution in [2.24, 2.45) is 0 Å². The van der Waals surface area contributed by atoms with Gasteiger partial charge in [0.1, 0.15) is 30.5 Å². The smallest absolute Gasteiger partial charge is 0.303 e. The molecule has 8 heteroatoms. The van der Waals surface area contributed by atoms with Crippen LogP contribution >= 0.6 is 0 Å². The summed E-state index contributed by atoms with van der Waals surface area (Å²) in [5, 5.41) is 9.43. The highest BCUT2D eigenvalue weighted by molar-refractivity contribution is 5.68. The van der Waals surface area contributed by atoms with Crippen LogP contribution in [0.5, 0.6) is 0 Å². The lowest BCUT2D eigenvalue weighted by Gasteiger charge is -2.48. The fraction of sp³-hybridized carbons (Fsp3) is 0.641. The van der Waals surface area contributed by atoms with Gasteiger partial charge in [-0.2, -0.15) is 5.26 Å². The zero-order valence-corrected chi connectivity index (χ0v) is 29.5. The van der Waals surface area contributed by atoms with E-state index in [2.05, 4.69) is 39.8 Å². The summed E-state index contributed by atoms with van der Waals surface area (Å²) in [4.78, 5) is 12.7. The highest BCUT2D eigenvalue weighted by Gasteiger charge is 2.52.